The number of carbonyl (C=O) groups is 6. The molecule has 0 radical (unpaired) electrons. The van der Waals surface area contributed by atoms with Gasteiger partial charge in [-0.1, -0.05) is 47.9 Å². The van der Waals surface area contributed by atoms with Gasteiger partial charge in [0.15, 0.2) is 12.2 Å². The van der Waals surface area contributed by atoms with E-state index in [1.54, 1.807) is 88.9 Å². The first-order valence-electron chi connectivity index (χ1n) is 23.4. The van der Waals surface area contributed by atoms with Gasteiger partial charge in [0.1, 0.15) is 73.8 Å². The Morgan fingerprint density at radius 3 is 1.20 bits per heavy atom. The summed E-state index contributed by atoms with van der Waals surface area (Å²) in [6.45, 7) is -1.14. The fourth-order valence-electron chi connectivity index (χ4n) is 6.76. The third-order valence-electron chi connectivity index (χ3n) is 10.5. The summed E-state index contributed by atoms with van der Waals surface area (Å²) in [6.07, 6.45) is 19.8. The number of amides is 2. The van der Waals surface area contributed by atoms with Crippen LogP contribution in [-0.4, -0.2) is 152 Å². The number of carbonyl (C=O) groups excluding carboxylic acids is 6. The number of hydrogen-bond donors (Lipinski definition) is 0. The number of ether oxygens (including phenoxy) is 10. The summed E-state index contributed by atoms with van der Waals surface area (Å²) in [5.74, 6) is 7.19. The monoisotopic (exact) mass is 1020 g/mol. The van der Waals surface area contributed by atoms with E-state index in [9.17, 15) is 28.8 Å². The van der Waals surface area contributed by atoms with Crippen molar-refractivity contribution in [2.24, 2.45) is 0 Å². The second-order valence-electron chi connectivity index (χ2n) is 16.5. The van der Waals surface area contributed by atoms with Crippen LogP contribution in [0.5, 0.6) is 23.0 Å². The number of nitrogens with zero attached hydrogens (tertiary/aromatic N) is 2. The van der Waals surface area contributed by atoms with E-state index >= 15 is 0 Å². The van der Waals surface area contributed by atoms with E-state index in [1.807, 2.05) is 0 Å². The van der Waals surface area contributed by atoms with Gasteiger partial charge < -0.3 is 57.2 Å². The predicted molar refractivity (Wildman–Crippen MR) is 272 cm³/mol. The Hall–Kier alpha value is -8.42. The molecule has 0 aliphatic heterocycles. The van der Waals surface area contributed by atoms with Crippen molar-refractivity contribution in [3.05, 3.63) is 71.8 Å². The van der Waals surface area contributed by atoms with Crippen LogP contribution in [0.1, 0.15) is 59.2 Å². The van der Waals surface area contributed by atoms with Gasteiger partial charge in [0.2, 0.25) is 11.8 Å². The number of unbranched alkanes of at least 4 members (excludes halogenated alkanes) is 1. The van der Waals surface area contributed by atoms with E-state index in [0.717, 1.165) is 0 Å². The highest BCUT2D eigenvalue weighted by molar-refractivity contribution is 6.01. The van der Waals surface area contributed by atoms with Crippen molar-refractivity contribution in [1.82, 2.24) is 9.80 Å². The van der Waals surface area contributed by atoms with E-state index < -0.39 is 49.3 Å². The highest BCUT2D eigenvalue weighted by Gasteiger charge is 2.25. The minimum absolute atomic E-state index is 0.0150. The van der Waals surface area contributed by atoms with Gasteiger partial charge in [-0.2, -0.15) is 0 Å². The molecule has 74 heavy (non-hydrogen) atoms. The largest absolute Gasteiger partial charge is 0.480 e. The van der Waals surface area contributed by atoms with E-state index in [-0.39, 0.29) is 113 Å². The Bertz CT molecular complexity index is 2570. The van der Waals surface area contributed by atoms with Crippen molar-refractivity contribution in [3.63, 3.8) is 0 Å². The lowest BCUT2D eigenvalue weighted by Gasteiger charge is -2.20. The zero-order valence-corrected chi connectivity index (χ0v) is 42.0. The lowest BCUT2D eigenvalue weighted by atomic mass is 10.0. The SMILES string of the molecule is C#CCOc1cc2c(OCC#C)cccc2cc1C(=O)OCC(COCCCCOCC(COC(=O)c1cc2cccc(OCC#C)c2cc1OCC#C)OC(=O)CCC(=O)N(C)C)OC(=O)CCC(=O)N(C)C. The molecule has 0 fully saturated rings. The van der Waals surface area contributed by atoms with Gasteiger partial charge in [0.05, 0.1) is 26.1 Å². The Kier molecular flexibility index (Phi) is 24.5. The molecule has 4 aromatic carbocycles. The molecule has 0 heterocycles. The minimum atomic E-state index is -1.07. The maximum Gasteiger partial charge on any atom is 0.342 e. The van der Waals surface area contributed by atoms with E-state index in [0.29, 0.717) is 45.9 Å². The number of esters is 4. The maximum atomic E-state index is 13.6. The Morgan fingerprint density at radius 2 is 0.851 bits per heavy atom. The zero-order valence-electron chi connectivity index (χ0n) is 42.0. The molecule has 4 rings (SSSR count). The molecule has 0 bridgehead atoms. The summed E-state index contributed by atoms with van der Waals surface area (Å²) in [5, 5.41) is 2.47. The second-order valence-corrected chi connectivity index (χ2v) is 16.5. The Labute approximate surface area is 431 Å². The third-order valence-corrected chi connectivity index (χ3v) is 10.5. The van der Waals surface area contributed by atoms with Crippen molar-refractivity contribution in [2.75, 3.05) is 94.3 Å². The molecule has 18 heteroatoms. The fourth-order valence-corrected chi connectivity index (χ4v) is 6.76. The molecule has 0 aliphatic carbocycles. The van der Waals surface area contributed by atoms with Gasteiger partial charge in [-0.25, -0.2) is 9.59 Å². The molecule has 0 saturated heterocycles. The number of hydrogen-bond acceptors (Lipinski definition) is 16. The molecular formula is C56H60N2O16. The quantitative estimate of drug-likeness (QED) is 0.0267. The fraction of sp³-hybridized carbons (Fsp3) is 0.393. The van der Waals surface area contributed by atoms with Gasteiger partial charge in [0.25, 0.3) is 0 Å². The molecule has 390 valence electrons. The minimum Gasteiger partial charge on any atom is -0.480 e. The molecule has 4 aromatic rings. The number of fused-ring (bicyclic) bond motifs is 2. The van der Waals surface area contributed by atoms with Crippen LogP contribution < -0.4 is 18.9 Å². The molecule has 18 nitrogen and oxygen atoms in total. The van der Waals surface area contributed by atoms with Gasteiger partial charge >= 0.3 is 23.9 Å². The second kappa shape index (κ2) is 31.1. The summed E-state index contributed by atoms with van der Waals surface area (Å²) in [6, 6.07) is 16.7. The van der Waals surface area contributed by atoms with Crippen LogP contribution in [-0.2, 0) is 47.6 Å². The van der Waals surface area contributed by atoms with Crippen LogP contribution in [0.25, 0.3) is 21.5 Å². The molecule has 0 saturated carbocycles. The van der Waals surface area contributed by atoms with Gasteiger partial charge in [0, 0.05) is 65.0 Å². The summed E-state index contributed by atoms with van der Waals surface area (Å²) >= 11 is 0. The summed E-state index contributed by atoms with van der Waals surface area (Å²) in [5.41, 5.74) is 0.0943. The lowest BCUT2D eigenvalue weighted by Crippen LogP contribution is -2.31. The average molecular weight is 1020 g/mol. The molecule has 2 unspecified atom stereocenters. The molecule has 2 atom stereocenters. The molecular weight excluding hydrogens is 957 g/mol. The van der Waals surface area contributed by atoms with Crippen LogP contribution in [0.15, 0.2) is 60.7 Å². The molecule has 0 aliphatic rings. The summed E-state index contributed by atoms with van der Waals surface area (Å²) in [4.78, 5) is 80.0. The van der Waals surface area contributed by atoms with Crippen molar-refractivity contribution in [2.45, 2.75) is 50.7 Å². The normalized spacial score (nSPS) is 11.3. The summed E-state index contributed by atoms with van der Waals surface area (Å²) in [7, 11) is 6.26. The first-order chi connectivity index (χ1) is 35.7. The number of terminal acetylenes is 4. The van der Waals surface area contributed by atoms with E-state index in [1.165, 1.54) is 9.80 Å². The van der Waals surface area contributed by atoms with Crippen LogP contribution in [0, 0.1) is 49.4 Å². The van der Waals surface area contributed by atoms with Gasteiger partial charge in [-0.05, 0) is 60.0 Å². The van der Waals surface area contributed by atoms with Crippen LogP contribution in [0.3, 0.4) is 0 Å². The predicted octanol–water partition coefficient (Wildman–Crippen LogP) is 5.43. The van der Waals surface area contributed by atoms with Crippen molar-refractivity contribution in [1.29, 1.82) is 0 Å². The van der Waals surface area contributed by atoms with Crippen LogP contribution in [0.2, 0.25) is 0 Å². The van der Waals surface area contributed by atoms with Crippen molar-refractivity contribution < 1.29 is 76.1 Å². The smallest absolute Gasteiger partial charge is 0.342 e. The van der Waals surface area contributed by atoms with E-state index in [2.05, 4.69) is 23.7 Å². The van der Waals surface area contributed by atoms with Crippen LogP contribution in [0.4, 0.5) is 0 Å². The molecule has 0 spiro atoms. The van der Waals surface area contributed by atoms with E-state index in [4.69, 9.17) is 73.1 Å². The molecule has 0 N–H and O–H groups in total. The first kappa shape index (κ1) is 58.2. The average Bonchev–Trinajstić information content (AvgIpc) is 3.39. The third kappa shape index (κ3) is 19.0. The number of rotatable bonds is 31. The van der Waals surface area contributed by atoms with Crippen molar-refractivity contribution >= 4 is 57.2 Å². The van der Waals surface area contributed by atoms with Gasteiger partial charge in [-0.15, -0.1) is 25.7 Å². The highest BCUT2D eigenvalue weighted by Crippen LogP contribution is 2.34. The summed E-state index contributed by atoms with van der Waals surface area (Å²) < 4.78 is 57.0. The topological polar surface area (TPSA) is 201 Å². The zero-order chi connectivity index (χ0) is 53.8. The van der Waals surface area contributed by atoms with Crippen LogP contribution >= 0.6 is 0 Å². The van der Waals surface area contributed by atoms with Gasteiger partial charge in [-0.3, -0.25) is 19.2 Å². The Morgan fingerprint density at radius 1 is 0.486 bits per heavy atom. The lowest BCUT2D eigenvalue weighted by molar-refractivity contribution is -0.157. The molecule has 0 aromatic heterocycles. The molecule has 2 amide bonds. The first-order valence-corrected chi connectivity index (χ1v) is 23.4. The number of benzene rings is 4. The maximum absolute atomic E-state index is 13.6. The van der Waals surface area contributed by atoms with Crippen molar-refractivity contribution in [3.8, 4) is 72.4 Å². The highest BCUT2D eigenvalue weighted by atomic mass is 16.6. The Balaban J connectivity index is 1.38. The standard InChI is InChI=1S/C56H60N2O16/c1-9-25-67-47-19-15-17-39-31-45(49(33-43(39)47)69-27-11-3)55(63)71-37-41(73-53(61)23-21-51(59)57(5)6)35-65-29-13-14-30-66-36-42(74-54(62)24-22-52(60)58(7)8)38-72-56(64)46-32-40-18-16-20-48(68-26-10-2)44(40)34-50(46)70-28-12-4/h1-4,15-20,31-34,41-42H,13-14,21-30,35-38H2,5-8H3.